The van der Waals surface area contributed by atoms with Gasteiger partial charge in [-0.05, 0) is 58.2 Å². The lowest BCUT2D eigenvalue weighted by Gasteiger charge is -2.40. The molecule has 5 rings (SSSR count). The molecular formula is C35H46N6O5. The molecule has 1 aliphatic rings. The van der Waals surface area contributed by atoms with Crippen molar-refractivity contribution in [3.05, 3.63) is 55.0 Å². The van der Waals surface area contributed by atoms with Gasteiger partial charge in [0.05, 0.1) is 55.5 Å². The van der Waals surface area contributed by atoms with Crippen molar-refractivity contribution in [2.75, 3.05) is 45.9 Å². The van der Waals surface area contributed by atoms with Gasteiger partial charge >= 0.3 is 6.09 Å². The van der Waals surface area contributed by atoms with Crippen LogP contribution in [0.3, 0.4) is 0 Å². The van der Waals surface area contributed by atoms with Gasteiger partial charge in [-0.2, -0.15) is 5.10 Å². The zero-order valence-corrected chi connectivity index (χ0v) is 28.1. The molecule has 0 aliphatic carbocycles. The van der Waals surface area contributed by atoms with Gasteiger partial charge in [-0.25, -0.2) is 9.78 Å². The van der Waals surface area contributed by atoms with Gasteiger partial charge in [-0.3, -0.25) is 9.67 Å². The minimum Gasteiger partial charge on any atom is -0.497 e. The van der Waals surface area contributed by atoms with Crippen molar-refractivity contribution < 1.29 is 23.7 Å². The second-order valence-corrected chi connectivity index (χ2v) is 12.8. The first-order valence-corrected chi connectivity index (χ1v) is 15.9. The number of piperidine rings is 1. The summed E-state index contributed by atoms with van der Waals surface area (Å²) in [5.74, 6) is 1.47. The molecule has 1 saturated heterocycles. The lowest BCUT2D eigenvalue weighted by molar-refractivity contribution is -0.0719. The van der Waals surface area contributed by atoms with E-state index in [9.17, 15) is 4.79 Å². The van der Waals surface area contributed by atoms with Crippen LogP contribution in [0.5, 0.6) is 11.5 Å². The van der Waals surface area contributed by atoms with E-state index < -0.39 is 11.2 Å². The van der Waals surface area contributed by atoms with Crippen LogP contribution in [0, 0.1) is 0 Å². The summed E-state index contributed by atoms with van der Waals surface area (Å²) in [4.78, 5) is 26.3. The number of likely N-dealkylation sites (tertiary alicyclic amines) is 1. The standard InChI is InChI=1S/C35H46N6O5/c1-8-9-14-41(27-17-28(43-5)20-29(18-27)44-6)26-10-11-30-31(19-26)38-32(22-36-30)25-21-37-40(23-25)24-35(45-7)12-15-39(16-13-35)33(42)46-34(2,3)4/h10-11,17-23H,8-9,12-16,24H2,1-7H3. The molecule has 1 amide bonds. The zero-order chi connectivity index (χ0) is 32.9. The van der Waals surface area contributed by atoms with Crippen LogP contribution in [0.4, 0.5) is 16.2 Å². The van der Waals surface area contributed by atoms with E-state index in [1.54, 1.807) is 32.4 Å². The Kier molecular flexibility index (Phi) is 10.0. The molecule has 11 heteroatoms. The second-order valence-electron chi connectivity index (χ2n) is 12.8. The number of carbonyl (C=O) groups excluding carboxylic acids is 1. The summed E-state index contributed by atoms with van der Waals surface area (Å²) in [5.41, 5.74) is 4.26. The molecule has 0 N–H and O–H groups in total. The predicted octanol–water partition coefficient (Wildman–Crippen LogP) is 6.86. The third-order valence-corrected chi connectivity index (χ3v) is 8.36. The monoisotopic (exact) mass is 630 g/mol. The molecule has 1 fully saturated rings. The topological polar surface area (TPSA) is 104 Å². The number of ether oxygens (including phenoxy) is 4. The molecule has 0 unspecified atom stereocenters. The molecule has 2 aromatic carbocycles. The molecule has 46 heavy (non-hydrogen) atoms. The number of methoxy groups -OCH3 is 3. The molecule has 4 aromatic rings. The van der Waals surface area contributed by atoms with Crippen LogP contribution in [0.1, 0.15) is 53.4 Å². The number of fused-ring (bicyclic) bond motifs is 1. The van der Waals surface area contributed by atoms with Crippen LogP contribution in [0.2, 0.25) is 0 Å². The summed E-state index contributed by atoms with van der Waals surface area (Å²) in [6, 6.07) is 12.1. The Balaban J connectivity index is 1.35. The van der Waals surface area contributed by atoms with E-state index in [-0.39, 0.29) is 6.09 Å². The molecule has 0 bridgehead atoms. The predicted molar refractivity (Wildman–Crippen MR) is 179 cm³/mol. The highest BCUT2D eigenvalue weighted by Crippen LogP contribution is 2.35. The molecule has 0 atom stereocenters. The largest absolute Gasteiger partial charge is 0.497 e. The number of rotatable bonds is 11. The Morgan fingerprint density at radius 1 is 0.957 bits per heavy atom. The summed E-state index contributed by atoms with van der Waals surface area (Å²) >= 11 is 0. The SMILES string of the molecule is CCCCN(c1cc(OC)cc(OC)c1)c1ccc2ncc(-c3cnn(CC4(OC)CCN(C(=O)OC(C)(C)C)CC4)c3)nc2c1. The van der Waals surface area contributed by atoms with Crippen molar-refractivity contribution in [3.8, 4) is 22.8 Å². The van der Waals surface area contributed by atoms with E-state index in [4.69, 9.17) is 28.9 Å². The number of nitrogens with zero attached hydrogens (tertiary/aromatic N) is 6. The Bertz CT molecular complexity index is 1620. The quantitative estimate of drug-likeness (QED) is 0.176. The van der Waals surface area contributed by atoms with E-state index in [2.05, 4.69) is 29.1 Å². The first-order chi connectivity index (χ1) is 22.0. The summed E-state index contributed by atoms with van der Waals surface area (Å²) in [6.07, 6.45) is 8.75. The molecule has 2 aromatic heterocycles. The number of unbranched alkanes of at least 4 members (excludes halogenated alkanes) is 1. The highest BCUT2D eigenvalue weighted by Gasteiger charge is 2.38. The van der Waals surface area contributed by atoms with Crippen molar-refractivity contribution in [1.82, 2.24) is 24.6 Å². The highest BCUT2D eigenvalue weighted by molar-refractivity contribution is 5.82. The molecule has 0 spiro atoms. The van der Waals surface area contributed by atoms with Crippen LogP contribution in [-0.2, 0) is 16.0 Å². The molecule has 0 saturated carbocycles. The molecular weight excluding hydrogens is 584 g/mol. The van der Waals surface area contributed by atoms with Crippen molar-refractivity contribution in [1.29, 1.82) is 0 Å². The highest BCUT2D eigenvalue weighted by atomic mass is 16.6. The molecule has 246 valence electrons. The van der Waals surface area contributed by atoms with E-state index in [1.807, 2.05) is 62.1 Å². The van der Waals surface area contributed by atoms with Gasteiger partial charge in [-0.1, -0.05) is 13.3 Å². The number of hydrogen-bond donors (Lipinski definition) is 0. The van der Waals surface area contributed by atoms with Gasteiger partial charge in [0.15, 0.2) is 0 Å². The van der Waals surface area contributed by atoms with Crippen LogP contribution < -0.4 is 14.4 Å². The van der Waals surface area contributed by atoms with Crippen molar-refractivity contribution >= 4 is 28.5 Å². The second kappa shape index (κ2) is 13.9. The maximum atomic E-state index is 12.6. The average molecular weight is 631 g/mol. The van der Waals surface area contributed by atoms with E-state index in [1.165, 1.54) is 0 Å². The first kappa shape index (κ1) is 33.0. The Hall–Kier alpha value is -4.38. The van der Waals surface area contributed by atoms with Gasteiger partial charge in [0.25, 0.3) is 0 Å². The Morgan fingerprint density at radius 2 is 1.67 bits per heavy atom. The summed E-state index contributed by atoms with van der Waals surface area (Å²) < 4.78 is 24.6. The number of anilines is 2. The van der Waals surface area contributed by atoms with E-state index in [0.29, 0.717) is 32.5 Å². The fourth-order valence-electron chi connectivity index (χ4n) is 5.71. The smallest absolute Gasteiger partial charge is 0.410 e. The van der Waals surface area contributed by atoms with Gasteiger partial charge in [0.1, 0.15) is 17.1 Å². The van der Waals surface area contributed by atoms with Gasteiger partial charge in [0.2, 0.25) is 0 Å². The molecule has 11 nitrogen and oxygen atoms in total. The zero-order valence-electron chi connectivity index (χ0n) is 28.1. The number of amides is 1. The number of benzene rings is 2. The maximum absolute atomic E-state index is 12.6. The van der Waals surface area contributed by atoms with Crippen molar-refractivity contribution in [2.24, 2.45) is 0 Å². The van der Waals surface area contributed by atoms with E-state index in [0.717, 1.165) is 64.6 Å². The lowest BCUT2D eigenvalue weighted by atomic mass is 9.91. The Labute approximate surface area is 271 Å². The van der Waals surface area contributed by atoms with Crippen molar-refractivity contribution in [2.45, 2.75) is 71.1 Å². The Morgan fingerprint density at radius 3 is 2.30 bits per heavy atom. The lowest BCUT2D eigenvalue weighted by Crippen LogP contribution is -2.50. The maximum Gasteiger partial charge on any atom is 0.410 e. The molecule has 1 aliphatic heterocycles. The van der Waals surface area contributed by atoms with Crippen LogP contribution in [0.25, 0.3) is 22.3 Å². The van der Waals surface area contributed by atoms with Gasteiger partial charge in [-0.15, -0.1) is 0 Å². The number of aromatic nitrogens is 4. The number of carbonyl (C=O) groups is 1. The van der Waals surface area contributed by atoms with E-state index >= 15 is 0 Å². The number of hydrogen-bond acceptors (Lipinski definition) is 9. The fourth-order valence-corrected chi connectivity index (χ4v) is 5.71. The minimum atomic E-state index is -0.524. The average Bonchev–Trinajstić information content (AvgIpc) is 3.52. The minimum absolute atomic E-state index is 0.284. The molecule has 3 heterocycles. The third-order valence-electron chi connectivity index (χ3n) is 8.36. The third kappa shape index (κ3) is 7.70. The summed E-state index contributed by atoms with van der Waals surface area (Å²) in [7, 11) is 5.05. The van der Waals surface area contributed by atoms with Gasteiger partial charge < -0.3 is 28.7 Å². The first-order valence-electron chi connectivity index (χ1n) is 15.9. The summed E-state index contributed by atoms with van der Waals surface area (Å²) in [6.45, 7) is 10.3. The van der Waals surface area contributed by atoms with Crippen LogP contribution in [0.15, 0.2) is 55.0 Å². The van der Waals surface area contributed by atoms with Crippen LogP contribution in [-0.4, -0.2) is 82.9 Å². The van der Waals surface area contributed by atoms with Crippen molar-refractivity contribution in [3.63, 3.8) is 0 Å². The van der Waals surface area contributed by atoms with Crippen LogP contribution >= 0.6 is 0 Å². The molecule has 0 radical (unpaired) electrons. The fraction of sp³-hybridized carbons (Fsp3) is 0.486. The van der Waals surface area contributed by atoms with Gasteiger partial charge in [0, 0.05) is 68.1 Å². The summed E-state index contributed by atoms with van der Waals surface area (Å²) in [5, 5.41) is 4.65. The normalized spacial score (nSPS) is 14.7.